The van der Waals surface area contributed by atoms with E-state index in [1.807, 2.05) is 90.5 Å². The lowest BCUT2D eigenvalue weighted by Gasteiger charge is -2.09. The number of fused-ring (bicyclic) bond motifs is 1. The van der Waals surface area contributed by atoms with Crippen LogP contribution in [0, 0.1) is 11.7 Å². The maximum Gasteiger partial charge on any atom is 0.255 e. The lowest BCUT2D eigenvalue weighted by molar-refractivity contribution is 0.102. The number of imidazole rings is 2. The second-order valence-electron chi connectivity index (χ2n) is 7.17. The van der Waals surface area contributed by atoms with Gasteiger partial charge in [0.25, 0.3) is 5.91 Å². The number of carbonyl (C=O) groups is 1. The minimum Gasteiger partial charge on any atom is -0.337 e. The standard InChI is InChI=1S/C24H19N5OS/c1-16-26-21-14-17(10-11-22(21)29(16)19-7-3-2-4-8-19)23(30)27-18-6-5-9-20(15-18)28-13-12-25-24(28)31/h2-15H,1H3,(H,25,31)(H,27,30). The first kappa shape index (κ1) is 19.0. The van der Waals surface area contributed by atoms with Crippen molar-refractivity contribution in [2.75, 3.05) is 5.32 Å². The topological polar surface area (TPSA) is 67.6 Å². The predicted molar refractivity (Wildman–Crippen MR) is 125 cm³/mol. The van der Waals surface area contributed by atoms with Gasteiger partial charge in [0.15, 0.2) is 4.77 Å². The van der Waals surface area contributed by atoms with Gasteiger partial charge in [-0.2, -0.15) is 0 Å². The van der Waals surface area contributed by atoms with Crippen molar-refractivity contribution in [2.24, 2.45) is 0 Å². The Bertz CT molecular complexity index is 1460. The third kappa shape index (κ3) is 3.55. The molecule has 152 valence electrons. The molecule has 0 saturated carbocycles. The molecule has 0 aliphatic carbocycles. The molecule has 0 unspecified atom stereocenters. The number of H-pyrrole nitrogens is 1. The molecule has 0 saturated heterocycles. The number of nitrogens with one attached hydrogen (secondary N) is 2. The number of aromatic amines is 1. The van der Waals surface area contributed by atoms with Crippen molar-refractivity contribution in [2.45, 2.75) is 6.92 Å². The van der Waals surface area contributed by atoms with E-state index in [1.54, 1.807) is 6.20 Å². The molecule has 6 nitrogen and oxygen atoms in total. The molecule has 0 aliphatic heterocycles. The van der Waals surface area contributed by atoms with Gasteiger partial charge in [0, 0.05) is 35.0 Å². The summed E-state index contributed by atoms with van der Waals surface area (Å²) in [6.45, 7) is 1.96. The van der Waals surface area contributed by atoms with Crippen molar-refractivity contribution in [3.63, 3.8) is 0 Å². The van der Waals surface area contributed by atoms with E-state index in [1.165, 1.54) is 0 Å². The molecule has 5 aromatic rings. The van der Waals surface area contributed by atoms with Crippen LogP contribution in [0.1, 0.15) is 16.2 Å². The Balaban J connectivity index is 1.45. The number of anilines is 1. The van der Waals surface area contributed by atoms with Gasteiger partial charge in [0.2, 0.25) is 0 Å². The van der Waals surface area contributed by atoms with Crippen molar-refractivity contribution < 1.29 is 4.79 Å². The van der Waals surface area contributed by atoms with E-state index in [2.05, 4.69) is 19.9 Å². The molecule has 2 N–H and O–H groups in total. The molecule has 5 rings (SSSR count). The molecule has 0 atom stereocenters. The van der Waals surface area contributed by atoms with Crippen molar-refractivity contribution in [3.8, 4) is 11.4 Å². The Kier molecular flexibility index (Phi) is 4.72. The number of amides is 1. The quantitative estimate of drug-likeness (QED) is 0.377. The summed E-state index contributed by atoms with van der Waals surface area (Å²) < 4.78 is 4.52. The van der Waals surface area contributed by atoms with Crippen LogP contribution in [0.5, 0.6) is 0 Å². The molecule has 0 spiro atoms. The van der Waals surface area contributed by atoms with Gasteiger partial charge >= 0.3 is 0 Å². The lowest BCUT2D eigenvalue weighted by atomic mass is 10.1. The van der Waals surface area contributed by atoms with E-state index in [0.717, 1.165) is 28.2 Å². The first-order valence-electron chi connectivity index (χ1n) is 9.82. The summed E-state index contributed by atoms with van der Waals surface area (Å²) >= 11 is 5.28. The minimum absolute atomic E-state index is 0.191. The zero-order valence-electron chi connectivity index (χ0n) is 16.7. The molecule has 1 amide bonds. The second kappa shape index (κ2) is 7.70. The molecule has 2 aromatic heterocycles. The smallest absolute Gasteiger partial charge is 0.255 e. The van der Waals surface area contributed by atoms with Gasteiger partial charge < -0.3 is 10.3 Å². The Morgan fingerprint density at radius 2 is 1.81 bits per heavy atom. The first-order chi connectivity index (χ1) is 15.1. The fraction of sp³-hybridized carbons (Fsp3) is 0.0417. The number of nitrogens with zero attached hydrogens (tertiary/aromatic N) is 3. The Hall–Kier alpha value is -3.97. The first-order valence-corrected chi connectivity index (χ1v) is 10.2. The number of rotatable bonds is 4. The van der Waals surface area contributed by atoms with Gasteiger partial charge in [-0.25, -0.2) is 4.98 Å². The van der Waals surface area contributed by atoms with Crippen LogP contribution in [0.15, 0.2) is 85.2 Å². The molecule has 0 aliphatic rings. The van der Waals surface area contributed by atoms with Crippen molar-refractivity contribution >= 4 is 34.8 Å². The maximum absolute atomic E-state index is 12.9. The number of hydrogen-bond donors (Lipinski definition) is 2. The molecule has 0 fully saturated rings. The SMILES string of the molecule is Cc1nc2cc(C(=O)Nc3cccc(-n4cc[nH]c4=S)c3)ccc2n1-c1ccccc1. The van der Waals surface area contributed by atoms with E-state index in [4.69, 9.17) is 12.2 Å². The number of aromatic nitrogens is 4. The van der Waals surface area contributed by atoms with Crippen LogP contribution in [0.2, 0.25) is 0 Å². The van der Waals surface area contributed by atoms with Crippen LogP contribution < -0.4 is 5.32 Å². The zero-order chi connectivity index (χ0) is 21.4. The molecular weight excluding hydrogens is 406 g/mol. The highest BCUT2D eigenvalue weighted by molar-refractivity contribution is 7.71. The van der Waals surface area contributed by atoms with Crippen LogP contribution in [-0.2, 0) is 0 Å². The molecule has 2 heterocycles. The summed E-state index contributed by atoms with van der Waals surface area (Å²) in [5, 5.41) is 2.97. The number of benzene rings is 3. The van der Waals surface area contributed by atoms with Crippen molar-refractivity contribution in [1.29, 1.82) is 0 Å². The number of para-hydroxylation sites is 1. The summed E-state index contributed by atoms with van der Waals surface area (Å²) in [7, 11) is 0. The summed E-state index contributed by atoms with van der Waals surface area (Å²) in [6.07, 6.45) is 3.63. The van der Waals surface area contributed by atoms with Gasteiger partial charge in [0.05, 0.1) is 11.0 Å². The molecule has 0 radical (unpaired) electrons. The maximum atomic E-state index is 12.9. The third-order valence-corrected chi connectivity index (χ3v) is 5.44. The van der Waals surface area contributed by atoms with Crippen LogP contribution in [0.25, 0.3) is 22.4 Å². The fourth-order valence-corrected chi connectivity index (χ4v) is 3.94. The van der Waals surface area contributed by atoms with Crippen LogP contribution in [0.4, 0.5) is 5.69 Å². The number of aryl methyl sites for hydroxylation is 1. The van der Waals surface area contributed by atoms with E-state index < -0.39 is 0 Å². The van der Waals surface area contributed by atoms with Gasteiger partial charge in [-0.1, -0.05) is 24.3 Å². The lowest BCUT2D eigenvalue weighted by Crippen LogP contribution is -2.12. The molecular formula is C24H19N5OS. The normalized spacial score (nSPS) is 11.0. The highest BCUT2D eigenvalue weighted by atomic mass is 32.1. The Labute approximate surface area is 183 Å². The molecule has 7 heteroatoms. The summed E-state index contributed by atoms with van der Waals surface area (Å²) in [5.41, 5.74) is 4.90. The third-order valence-electron chi connectivity index (χ3n) is 5.13. The Morgan fingerprint density at radius 1 is 1.00 bits per heavy atom. The van der Waals surface area contributed by atoms with E-state index >= 15 is 0 Å². The second-order valence-corrected chi connectivity index (χ2v) is 7.56. The van der Waals surface area contributed by atoms with Crippen molar-refractivity contribution in [1.82, 2.24) is 19.1 Å². The fourth-order valence-electron chi connectivity index (χ4n) is 3.71. The molecule has 0 bridgehead atoms. The summed E-state index contributed by atoms with van der Waals surface area (Å²) in [5.74, 6) is 0.679. The van der Waals surface area contributed by atoms with Gasteiger partial charge in [-0.15, -0.1) is 0 Å². The summed E-state index contributed by atoms with van der Waals surface area (Å²) in [6, 6.07) is 23.2. The van der Waals surface area contributed by atoms with Crippen LogP contribution in [0.3, 0.4) is 0 Å². The highest BCUT2D eigenvalue weighted by Gasteiger charge is 2.13. The van der Waals surface area contributed by atoms with Gasteiger partial charge in [0.1, 0.15) is 5.82 Å². The van der Waals surface area contributed by atoms with Gasteiger partial charge in [-0.05, 0) is 67.7 Å². The van der Waals surface area contributed by atoms with Crippen molar-refractivity contribution in [3.05, 3.63) is 101 Å². The average Bonchev–Trinajstić information content (AvgIpc) is 3.36. The molecule has 3 aromatic carbocycles. The number of hydrogen-bond acceptors (Lipinski definition) is 3. The average molecular weight is 426 g/mol. The van der Waals surface area contributed by atoms with E-state index in [9.17, 15) is 4.79 Å². The monoisotopic (exact) mass is 425 g/mol. The number of carbonyl (C=O) groups excluding carboxylic acids is 1. The Morgan fingerprint density at radius 3 is 2.58 bits per heavy atom. The molecule has 31 heavy (non-hydrogen) atoms. The van der Waals surface area contributed by atoms with Crippen LogP contribution >= 0.6 is 12.2 Å². The zero-order valence-corrected chi connectivity index (χ0v) is 17.6. The minimum atomic E-state index is -0.191. The summed E-state index contributed by atoms with van der Waals surface area (Å²) in [4.78, 5) is 20.5. The highest BCUT2D eigenvalue weighted by Crippen LogP contribution is 2.23. The van der Waals surface area contributed by atoms with Crippen LogP contribution in [-0.4, -0.2) is 25.0 Å². The largest absolute Gasteiger partial charge is 0.337 e. The van der Waals surface area contributed by atoms with Gasteiger partial charge in [-0.3, -0.25) is 13.9 Å². The predicted octanol–water partition coefficient (Wildman–Crippen LogP) is 5.43. The van der Waals surface area contributed by atoms with E-state index in [0.29, 0.717) is 16.0 Å². The van der Waals surface area contributed by atoms with E-state index in [-0.39, 0.29) is 5.91 Å².